The minimum absolute atomic E-state index is 0. The number of rotatable bonds is 7. The number of benzene rings is 1. The lowest BCUT2D eigenvalue weighted by Crippen LogP contribution is -2.46. The summed E-state index contributed by atoms with van der Waals surface area (Å²) in [6.45, 7) is 2.49. The molecule has 2 heterocycles. The van der Waals surface area contributed by atoms with Crippen LogP contribution >= 0.6 is 35.6 Å². The average Bonchev–Trinajstić information content (AvgIpc) is 3.21. The molecule has 1 fully saturated rings. The van der Waals surface area contributed by atoms with Crippen LogP contribution in [0.5, 0.6) is 5.75 Å². The maximum Gasteiger partial charge on any atom is 0.191 e. The van der Waals surface area contributed by atoms with E-state index in [1.54, 1.807) is 20.4 Å². The smallest absolute Gasteiger partial charge is 0.191 e. The number of hydrogen-bond donors (Lipinski definition) is 2. The van der Waals surface area contributed by atoms with E-state index in [4.69, 9.17) is 16.3 Å². The largest absolute Gasteiger partial charge is 0.497 e. The van der Waals surface area contributed by atoms with Crippen LogP contribution in [0.4, 0.5) is 5.82 Å². The third kappa shape index (κ3) is 6.85. The second-order valence-corrected chi connectivity index (χ2v) is 8.00. The van der Waals surface area contributed by atoms with Gasteiger partial charge in [0, 0.05) is 38.9 Å². The van der Waals surface area contributed by atoms with E-state index >= 15 is 0 Å². The molecule has 0 amide bonds. The van der Waals surface area contributed by atoms with Gasteiger partial charge >= 0.3 is 0 Å². The lowest BCUT2D eigenvalue weighted by molar-refractivity contribution is 0.297. The lowest BCUT2D eigenvalue weighted by atomic mass is 10.1. The number of ether oxygens (including phenoxy) is 1. The zero-order valence-corrected chi connectivity index (χ0v) is 21.6. The van der Waals surface area contributed by atoms with Crippen LogP contribution in [-0.4, -0.2) is 69.8 Å². The van der Waals surface area contributed by atoms with Crippen molar-refractivity contribution < 1.29 is 4.74 Å². The molecule has 0 spiro atoms. The van der Waals surface area contributed by atoms with Crippen molar-refractivity contribution in [3.63, 3.8) is 0 Å². The Balaban J connectivity index is 0.00000341. The fourth-order valence-electron chi connectivity index (χ4n) is 3.69. The molecule has 2 atom stereocenters. The summed E-state index contributed by atoms with van der Waals surface area (Å²) in [6, 6.07) is 12.4. The Morgan fingerprint density at radius 3 is 2.68 bits per heavy atom. The first-order valence-electron chi connectivity index (χ1n) is 10.1. The quantitative estimate of drug-likeness (QED) is 0.309. The van der Waals surface area contributed by atoms with Crippen molar-refractivity contribution in [3.05, 3.63) is 53.2 Å². The minimum atomic E-state index is 0. The van der Waals surface area contributed by atoms with E-state index in [1.807, 2.05) is 24.3 Å². The van der Waals surface area contributed by atoms with Gasteiger partial charge in [-0.1, -0.05) is 23.7 Å². The SMILES string of the molecule is CN=C(NCC(c1ccc(OC)cc1)N(C)C)NC1CCN(c2ncccc2Cl)C1.I. The Hall–Kier alpha value is -1.78. The summed E-state index contributed by atoms with van der Waals surface area (Å²) in [4.78, 5) is 13.3. The summed E-state index contributed by atoms with van der Waals surface area (Å²) in [6.07, 6.45) is 2.78. The second kappa shape index (κ2) is 12.3. The molecule has 0 bridgehead atoms. The summed E-state index contributed by atoms with van der Waals surface area (Å²) in [5, 5.41) is 7.70. The van der Waals surface area contributed by atoms with Crippen molar-refractivity contribution in [1.29, 1.82) is 0 Å². The fraction of sp³-hybridized carbons (Fsp3) is 0.455. The Morgan fingerprint density at radius 1 is 1.32 bits per heavy atom. The molecule has 0 radical (unpaired) electrons. The Kier molecular flexibility index (Phi) is 10.1. The number of methoxy groups -OCH3 is 1. The molecule has 3 rings (SSSR count). The van der Waals surface area contributed by atoms with Gasteiger partial charge in [0.25, 0.3) is 0 Å². The summed E-state index contributed by atoms with van der Waals surface area (Å²) >= 11 is 6.30. The fourth-order valence-corrected chi connectivity index (χ4v) is 3.93. The van der Waals surface area contributed by atoms with Gasteiger partial charge in [0.15, 0.2) is 5.96 Å². The molecule has 1 aliphatic rings. The van der Waals surface area contributed by atoms with Crippen LogP contribution in [0.15, 0.2) is 47.6 Å². The summed E-state index contributed by atoms with van der Waals surface area (Å²) < 4.78 is 5.27. The summed E-state index contributed by atoms with van der Waals surface area (Å²) in [5.74, 6) is 2.51. The zero-order chi connectivity index (χ0) is 21.5. The third-order valence-corrected chi connectivity index (χ3v) is 5.67. The van der Waals surface area contributed by atoms with E-state index in [2.05, 4.69) is 56.6 Å². The Morgan fingerprint density at radius 2 is 2.06 bits per heavy atom. The van der Waals surface area contributed by atoms with Crippen LogP contribution in [0.3, 0.4) is 0 Å². The van der Waals surface area contributed by atoms with Gasteiger partial charge in [-0.05, 0) is 50.3 Å². The van der Waals surface area contributed by atoms with Gasteiger partial charge < -0.3 is 25.2 Å². The number of aromatic nitrogens is 1. The van der Waals surface area contributed by atoms with E-state index in [9.17, 15) is 0 Å². The predicted octanol–water partition coefficient (Wildman–Crippen LogP) is 3.41. The molecule has 170 valence electrons. The van der Waals surface area contributed by atoms with E-state index in [1.165, 1.54) is 5.56 Å². The predicted molar refractivity (Wildman–Crippen MR) is 139 cm³/mol. The van der Waals surface area contributed by atoms with Crippen LogP contribution in [0, 0.1) is 0 Å². The highest BCUT2D eigenvalue weighted by atomic mass is 127. The number of aliphatic imine (C=N–C) groups is 1. The molecular formula is C22H32ClIN6O. The van der Waals surface area contributed by atoms with Crippen molar-refractivity contribution in [2.24, 2.45) is 4.99 Å². The van der Waals surface area contributed by atoms with Crippen LogP contribution in [0.25, 0.3) is 0 Å². The molecule has 1 aromatic carbocycles. The van der Waals surface area contributed by atoms with Crippen molar-refractivity contribution in [2.45, 2.75) is 18.5 Å². The molecular weight excluding hydrogens is 527 g/mol. The van der Waals surface area contributed by atoms with Crippen molar-refractivity contribution in [2.75, 3.05) is 52.8 Å². The highest BCUT2D eigenvalue weighted by Gasteiger charge is 2.25. The van der Waals surface area contributed by atoms with Crippen molar-refractivity contribution in [1.82, 2.24) is 20.5 Å². The molecule has 0 saturated carbocycles. The monoisotopic (exact) mass is 558 g/mol. The topological polar surface area (TPSA) is 65.0 Å². The minimum Gasteiger partial charge on any atom is -0.497 e. The molecule has 7 nitrogen and oxygen atoms in total. The van der Waals surface area contributed by atoms with E-state index in [0.29, 0.717) is 5.02 Å². The maximum absolute atomic E-state index is 6.30. The van der Waals surface area contributed by atoms with Crippen LogP contribution < -0.4 is 20.3 Å². The molecule has 1 aliphatic heterocycles. The maximum atomic E-state index is 6.30. The van der Waals surface area contributed by atoms with Gasteiger partial charge in [-0.3, -0.25) is 4.99 Å². The molecule has 9 heteroatoms. The van der Waals surface area contributed by atoms with E-state index in [0.717, 1.165) is 43.6 Å². The van der Waals surface area contributed by atoms with Crippen molar-refractivity contribution >= 4 is 47.4 Å². The summed E-state index contributed by atoms with van der Waals surface area (Å²) in [7, 11) is 7.65. The lowest BCUT2D eigenvalue weighted by Gasteiger charge is -2.27. The first-order chi connectivity index (χ1) is 14.5. The molecule has 1 saturated heterocycles. The Labute approximate surface area is 207 Å². The van der Waals surface area contributed by atoms with Gasteiger partial charge in [-0.15, -0.1) is 24.0 Å². The average molecular weight is 559 g/mol. The number of nitrogens with zero attached hydrogens (tertiary/aromatic N) is 4. The van der Waals surface area contributed by atoms with Gasteiger partial charge in [0.2, 0.25) is 0 Å². The molecule has 2 N–H and O–H groups in total. The van der Waals surface area contributed by atoms with Gasteiger partial charge in [0.05, 0.1) is 18.2 Å². The number of hydrogen-bond acceptors (Lipinski definition) is 5. The first kappa shape index (κ1) is 25.5. The van der Waals surface area contributed by atoms with E-state index in [-0.39, 0.29) is 36.1 Å². The number of halogens is 2. The third-order valence-electron chi connectivity index (χ3n) is 5.38. The first-order valence-corrected chi connectivity index (χ1v) is 10.5. The number of pyridine rings is 1. The molecule has 0 aliphatic carbocycles. The number of likely N-dealkylation sites (N-methyl/N-ethyl adjacent to an activating group) is 1. The van der Waals surface area contributed by atoms with Gasteiger partial charge in [-0.25, -0.2) is 4.98 Å². The highest BCUT2D eigenvalue weighted by Crippen LogP contribution is 2.26. The molecule has 2 aromatic rings. The van der Waals surface area contributed by atoms with Crippen LogP contribution in [0.2, 0.25) is 5.02 Å². The normalized spacial score (nSPS) is 17.3. The van der Waals surface area contributed by atoms with Crippen molar-refractivity contribution in [3.8, 4) is 5.75 Å². The number of nitrogens with one attached hydrogen (secondary N) is 2. The molecule has 2 unspecified atom stereocenters. The van der Waals surface area contributed by atoms with Gasteiger partial charge in [0.1, 0.15) is 11.6 Å². The second-order valence-electron chi connectivity index (χ2n) is 7.59. The standard InChI is InChI=1S/C22H31ClN6O.HI/c1-24-22(26-14-20(28(2)3)16-7-9-18(30-4)10-8-16)27-17-11-13-29(15-17)21-19(23)6-5-12-25-21;/h5-10,12,17,20H,11,13-15H2,1-4H3,(H2,24,26,27);1H. The molecule has 31 heavy (non-hydrogen) atoms. The Bertz CT molecular complexity index is 848. The van der Waals surface area contributed by atoms with Crippen LogP contribution in [-0.2, 0) is 0 Å². The highest BCUT2D eigenvalue weighted by molar-refractivity contribution is 14.0. The zero-order valence-electron chi connectivity index (χ0n) is 18.5. The van der Waals surface area contributed by atoms with E-state index < -0.39 is 0 Å². The number of guanidine groups is 1. The molecule has 1 aromatic heterocycles. The van der Waals surface area contributed by atoms with Crippen LogP contribution in [0.1, 0.15) is 18.0 Å². The summed E-state index contributed by atoms with van der Waals surface area (Å²) in [5.41, 5.74) is 1.22. The number of anilines is 1. The van der Waals surface area contributed by atoms with Gasteiger partial charge in [-0.2, -0.15) is 0 Å².